The van der Waals surface area contributed by atoms with Gasteiger partial charge in [-0.2, -0.15) is 0 Å². The average molecular weight is 360 g/mol. The fraction of sp³-hybridized carbons (Fsp3) is 0.200. The first-order chi connectivity index (χ1) is 13.3. The second kappa shape index (κ2) is 7.82. The van der Waals surface area contributed by atoms with Crippen LogP contribution in [0.4, 0.5) is 5.95 Å². The van der Waals surface area contributed by atoms with Crippen LogP contribution in [0.5, 0.6) is 0 Å². The summed E-state index contributed by atoms with van der Waals surface area (Å²) in [6.45, 7) is 2.81. The second-order valence-corrected chi connectivity index (χ2v) is 6.26. The van der Waals surface area contributed by atoms with Gasteiger partial charge in [-0.15, -0.1) is 0 Å². The maximum atomic E-state index is 12.4. The van der Waals surface area contributed by atoms with Crippen LogP contribution in [-0.4, -0.2) is 56.5 Å². The molecule has 0 aliphatic carbocycles. The second-order valence-electron chi connectivity index (χ2n) is 6.26. The summed E-state index contributed by atoms with van der Waals surface area (Å²) in [5.74, 6) is 0.750. The zero-order chi connectivity index (χ0) is 18.5. The Labute approximate surface area is 157 Å². The van der Waals surface area contributed by atoms with E-state index in [4.69, 9.17) is 0 Å². The number of nitrogens with zero attached hydrogens (tertiary/aromatic N) is 6. The first-order valence-electron chi connectivity index (χ1n) is 8.87. The lowest BCUT2D eigenvalue weighted by atomic mass is 10.2. The van der Waals surface area contributed by atoms with Crippen LogP contribution in [0.1, 0.15) is 5.56 Å². The molecule has 136 valence electrons. The van der Waals surface area contributed by atoms with Gasteiger partial charge in [-0.1, -0.05) is 12.1 Å². The van der Waals surface area contributed by atoms with Crippen LogP contribution in [-0.2, 0) is 4.79 Å². The molecule has 1 amide bonds. The lowest BCUT2D eigenvalue weighted by Crippen LogP contribution is -2.48. The van der Waals surface area contributed by atoms with Crippen molar-refractivity contribution in [2.24, 2.45) is 0 Å². The Morgan fingerprint density at radius 3 is 2.37 bits per heavy atom. The smallest absolute Gasteiger partial charge is 0.246 e. The largest absolute Gasteiger partial charge is 0.337 e. The normalized spacial score (nSPS) is 14.7. The molecule has 0 atom stereocenters. The van der Waals surface area contributed by atoms with Gasteiger partial charge in [0.1, 0.15) is 0 Å². The van der Waals surface area contributed by atoms with Crippen molar-refractivity contribution in [2.75, 3.05) is 31.1 Å². The Kier molecular flexibility index (Phi) is 4.91. The Hall–Kier alpha value is -3.48. The van der Waals surface area contributed by atoms with Crippen LogP contribution in [0.2, 0.25) is 0 Å². The number of rotatable bonds is 4. The summed E-state index contributed by atoms with van der Waals surface area (Å²) in [5, 5.41) is 0. The van der Waals surface area contributed by atoms with E-state index in [1.54, 1.807) is 37.1 Å². The molecule has 0 radical (unpaired) electrons. The number of anilines is 1. The van der Waals surface area contributed by atoms with Crippen LogP contribution < -0.4 is 4.90 Å². The molecule has 3 aromatic rings. The molecule has 3 heterocycles. The summed E-state index contributed by atoms with van der Waals surface area (Å²) in [7, 11) is 0. The number of imidazole rings is 1. The van der Waals surface area contributed by atoms with E-state index >= 15 is 0 Å². The predicted molar refractivity (Wildman–Crippen MR) is 103 cm³/mol. The molecule has 7 nitrogen and oxygen atoms in total. The molecule has 27 heavy (non-hydrogen) atoms. The van der Waals surface area contributed by atoms with Crippen LogP contribution in [0.15, 0.2) is 67.5 Å². The standard InChI is InChI=1S/C20H20N6O/c27-19(24-12-14-25(15-13-24)20-22-8-1-9-23-20)7-4-17-2-5-18(6-3-17)26-11-10-21-16-26/h1-11,16H,12-15H2. The maximum absolute atomic E-state index is 12.4. The third kappa shape index (κ3) is 4.03. The lowest BCUT2D eigenvalue weighted by Gasteiger charge is -2.34. The van der Waals surface area contributed by atoms with Gasteiger partial charge < -0.3 is 14.4 Å². The number of carbonyl (C=O) groups excluding carboxylic acids is 1. The summed E-state index contributed by atoms with van der Waals surface area (Å²) in [6.07, 6.45) is 12.4. The summed E-state index contributed by atoms with van der Waals surface area (Å²) < 4.78 is 1.94. The minimum absolute atomic E-state index is 0.0299. The zero-order valence-electron chi connectivity index (χ0n) is 14.8. The fourth-order valence-corrected chi connectivity index (χ4v) is 3.02. The van der Waals surface area contributed by atoms with E-state index in [0.29, 0.717) is 13.1 Å². The number of hydrogen-bond acceptors (Lipinski definition) is 5. The molecule has 1 aliphatic heterocycles. The molecular formula is C20H20N6O. The summed E-state index contributed by atoms with van der Waals surface area (Å²) in [6, 6.07) is 9.79. The number of hydrogen-bond donors (Lipinski definition) is 0. The van der Waals surface area contributed by atoms with Crippen molar-refractivity contribution in [1.82, 2.24) is 24.4 Å². The van der Waals surface area contributed by atoms with Crippen molar-refractivity contribution < 1.29 is 4.79 Å². The summed E-state index contributed by atoms with van der Waals surface area (Å²) in [5.41, 5.74) is 2.03. The monoisotopic (exact) mass is 360 g/mol. The lowest BCUT2D eigenvalue weighted by molar-refractivity contribution is -0.126. The third-order valence-electron chi connectivity index (χ3n) is 4.54. The molecule has 0 spiro atoms. The highest BCUT2D eigenvalue weighted by atomic mass is 16.2. The van der Waals surface area contributed by atoms with E-state index in [-0.39, 0.29) is 5.91 Å². The summed E-state index contributed by atoms with van der Waals surface area (Å²) in [4.78, 5) is 29.0. The van der Waals surface area contributed by atoms with Crippen molar-refractivity contribution in [2.45, 2.75) is 0 Å². The van der Waals surface area contributed by atoms with Crippen LogP contribution in [0.3, 0.4) is 0 Å². The molecular weight excluding hydrogens is 340 g/mol. The molecule has 1 aliphatic rings. The third-order valence-corrected chi connectivity index (χ3v) is 4.54. The minimum atomic E-state index is 0.0299. The van der Waals surface area contributed by atoms with Crippen molar-refractivity contribution in [3.8, 4) is 5.69 Å². The molecule has 1 fully saturated rings. The fourth-order valence-electron chi connectivity index (χ4n) is 3.02. The first-order valence-corrected chi connectivity index (χ1v) is 8.87. The van der Waals surface area contributed by atoms with Crippen LogP contribution in [0, 0.1) is 0 Å². The van der Waals surface area contributed by atoms with E-state index in [1.165, 1.54) is 0 Å². The average Bonchev–Trinajstić information content (AvgIpc) is 3.28. The van der Waals surface area contributed by atoms with Crippen LogP contribution in [0.25, 0.3) is 11.8 Å². The highest BCUT2D eigenvalue weighted by Gasteiger charge is 2.20. The Morgan fingerprint density at radius 1 is 0.963 bits per heavy atom. The van der Waals surface area contributed by atoms with E-state index in [1.807, 2.05) is 46.0 Å². The van der Waals surface area contributed by atoms with Gasteiger partial charge >= 0.3 is 0 Å². The predicted octanol–water partition coefficient (Wildman–Crippen LogP) is 2.02. The molecule has 0 unspecified atom stereocenters. The number of piperazine rings is 1. The highest BCUT2D eigenvalue weighted by molar-refractivity contribution is 5.92. The summed E-state index contributed by atoms with van der Waals surface area (Å²) >= 11 is 0. The Balaban J connectivity index is 1.33. The van der Waals surface area contributed by atoms with Gasteiger partial charge in [0.25, 0.3) is 0 Å². The van der Waals surface area contributed by atoms with Gasteiger partial charge in [-0.3, -0.25) is 4.79 Å². The topological polar surface area (TPSA) is 67.2 Å². The van der Waals surface area contributed by atoms with Crippen molar-refractivity contribution in [3.05, 3.63) is 73.1 Å². The van der Waals surface area contributed by atoms with Gasteiger partial charge in [-0.25, -0.2) is 15.0 Å². The van der Waals surface area contributed by atoms with Crippen molar-refractivity contribution in [1.29, 1.82) is 0 Å². The molecule has 4 rings (SSSR count). The van der Waals surface area contributed by atoms with E-state index in [0.717, 1.165) is 30.3 Å². The number of benzene rings is 1. The number of carbonyl (C=O) groups is 1. The molecule has 0 saturated carbocycles. The molecule has 1 aromatic carbocycles. The molecule has 2 aromatic heterocycles. The maximum Gasteiger partial charge on any atom is 0.246 e. The van der Waals surface area contributed by atoms with Gasteiger partial charge in [0, 0.05) is 62.7 Å². The van der Waals surface area contributed by atoms with Gasteiger partial charge in [-0.05, 0) is 29.8 Å². The van der Waals surface area contributed by atoms with Crippen LogP contribution >= 0.6 is 0 Å². The molecule has 0 bridgehead atoms. The highest BCUT2D eigenvalue weighted by Crippen LogP contribution is 2.12. The minimum Gasteiger partial charge on any atom is -0.337 e. The SMILES string of the molecule is O=C(C=Cc1ccc(-n2ccnc2)cc1)N1CCN(c2ncccn2)CC1. The van der Waals surface area contributed by atoms with Crippen molar-refractivity contribution in [3.63, 3.8) is 0 Å². The Morgan fingerprint density at radius 2 is 1.70 bits per heavy atom. The number of aromatic nitrogens is 4. The first kappa shape index (κ1) is 17.0. The zero-order valence-corrected chi connectivity index (χ0v) is 14.8. The molecule has 7 heteroatoms. The Bertz CT molecular complexity index is 897. The molecule has 1 saturated heterocycles. The van der Waals surface area contributed by atoms with Crippen molar-refractivity contribution >= 4 is 17.9 Å². The van der Waals surface area contributed by atoms with Gasteiger partial charge in [0.2, 0.25) is 11.9 Å². The quantitative estimate of drug-likeness (QED) is 0.666. The van der Waals surface area contributed by atoms with Gasteiger partial charge in [0.15, 0.2) is 0 Å². The number of amides is 1. The molecule has 0 N–H and O–H groups in total. The van der Waals surface area contributed by atoms with E-state index < -0.39 is 0 Å². The van der Waals surface area contributed by atoms with Gasteiger partial charge in [0.05, 0.1) is 6.33 Å². The van der Waals surface area contributed by atoms with E-state index in [9.17, 15) is 4.79 Å². The van der Waals surface area contributed by atoms with E-state index in [2.05, 4.69) is 19.9 Å².